The van der Waals surface area contributed by atoms with Crippen molar-refractivity contribution in [3.05, 3.63) is 34.2 Å². The van der Waals surface area contributed by atoms with Crippen molar-refractivity contribution in [2.75, 3.05) is 6.54 Å². The van der Waals surface area contributed by atoms with Gasteiger partial charge in [-0.15, -0.1) is 0 Å². The van der Waals surface area contributed by atoms with Gasteiger partial charge in [-0.05, 0) is 46.1 Å². The van der Waals surface area contributed by atoms with Gasteiger partial charge in [0, 0.05) is 25.6 Å². The molecule has 31 heavy (non-hydrogen) atoms. The van der Waals surface area contributed by atoms with E-state index in [1.165, 1.54) is 9.13 Å². The highest BCUT2D eigenvalue weighted by molar-refractivity contribution is 6.00. The van der Waals surface area contributed by atoms with E-state index < -0.39 is 17.6 Å². The lowest BCUT2D eigenvalue weighted by Gasteiger charge is -2.29. The van der Waals surface area contributed by atoms with Gasteiger partial charge in [0.2, 0.25) is 11.8 Å². The molecule has 2 aliphatic rings. The first-order valence-electron chi connectivity index (χ1n) is 10.6. The first-order chi connectivity index (χ1) is 14.6. The molecule has 0 spiro atoms. The zero-order chi connectivity index (χ0) is 22.5. The standard InChI is InChI=1S/C22H28N4O5/c1-22(2,3)31-21(30)25-12-6-9-14(25)13-7-5-8-15-18(13)24(4)20(29)26(15)16-10-11-17(27)23-19(16)28/h5,7-8,14,16H,6,9-12H2,1-4H3,(H,23,27,28). The van der Waals surface area contributed by atoms with Gasteiger partial charge in [0.05, 0.1) is 17.1 Å². The predicted octanol–water partition coefficient (Wildman–Crippen LogP) is 2.39. The number of imidazole rings is 1. The number of amides is 3. The Morgan fingerprint density at radius 2 is 1.87 bits per heavy atom. The second-order valence-corrected chi connectivity index (χ2v) is 9.23. The Labute approximate surface area is 179 Å². The number of carbonyl (C=O) groups excluding carboxylic acids is 3. The molecule has 2 atom stereocenters. The summed E-state index contributed by atoms with van der Waals surface area (Å²) >= 11 is 0. The summed E-state index contributed by atoms with van der Waals surface area (Å²) in [6, 6.07) is 4.60. The number of aryl methyl sites for hydroxylation is 1. The number of para-hydroxylation sites is 1. The average Bonchev–Trinajstić information content (AvgIpc) is 3.26. The van der Waals surface area contributed by atoms with Crippen molar-refractivity contribution in [3.63, 3.8) is 0 Å². The van der Waals surface area contributed by atoms with E-state index in [2.05, 4.69) is 5.32 Å². The smallest absolute Gasteiger partial charge is 0.410 e. The Morgan fingerprint density at radius 3 is 2.55 bits per heavy atom. The van der Waals surface area contributed by atoms with Gasteiger partial charge in [0.1, 0.15) is 11.6 Å². The van der Waals surface area contributed by atoms with Crippen molar-refractivity contribution in [2.24, 2.45) is 7.05 Å². The van der Waals surface area contributed by atoms with Gasteiger partial charge < -0.3 is 9.64 Å². The van der Waals surface area contributed by atoms with Gasteiger partial charge >= 0.3 is 11.8 Å². The Kier molecular flexibility index (Phi) is 5.15. The number of likely N-dealkylation sites (tertiary alicyclic amines) is 1. The number of aromatic nitrogens is 2. The molecule has 0 saturated carbocycles. The SMILES string of the molecule is Cn1c(=O)n(C2CCC(=O)NC2=O)c2cccc(C3CCCN3C(=O)OC(C)(C)C)c21. The Morgan fingerprint density at radius 1 is 1.13 bits per heavy atom. The first kappa shape index (κ1) is 21.1. The molecule has 4 rings (SSSR count). The van der Waals surface area contributed by atoms with Crippen molar-refractivity contribution in [1.82, 2.24) is 19.4 Å². The van der Waals surface area contributed by atoms with E-state index in [1.807, 2.05) is 32.9 Å². The van der Waals surface area contributed by atoms with Crippen LogP contribution in [-0.2, 0) is 21.4 Å². The molecule has 0 bridgehead atoms. The Bertz CT molecular complexity index is 1120. The van der Waals surface area contributed by atoms with Crippen LogP contribution in [0.15, 0.2) is 23.0 Å². The van der Waals surface area contributed by atoms with Crippen molar-refractivity contribution >= 4 is 28.9 Å². The quantitative estimate of drug-likeness (QED) is 0.740. The van der Waals surface area contributed by atoms with Gasteiger partial charge in [0.25, 0.3) is 0 Å². The van der Waals surface area contributed by atoms with Crippen LogP contribution in [0.5, 0.6) is 0 Å². The number of carbonyl (C=O) groups is 3. The maximum Gasteiger partial charge on any atom is 0.410 e. The summed E-state index contributed by atoms with van der Waals surface area (Å²) in [6.45, 7) is 6.08. The van der Waals surface area contributed by atoms with Crippen LogP contribution in [0.2, 0.25) is 0 Å². The zero-order valence-electron chi connectivity index (χ0n) is 18.3. The van der Waals surface area contributed by atoms with Gasteiger partial charge in [-0.3, -0.25) is 24.0 Å². The molecule has 0 aliphatic carbocycles. The number of fused-ring (bicyclic) bond motifs is 1. The summed E-state index contributed by atoms with van der Waals surface area (Å²) in [6.07, 6.45) is 1.69. The van der Waals surface area contributed by atoms with Crippen LogP contribution < -0.4 is 11.0 Å². The molecule has 1 N–H and O–H groups in total. The molecule has 9 nitrogen and oxygen atoms in total. The third kappa shape index (κ3) is 3.73. The molecular formula is C22H28N4O5. The number of imide groups is 1. The van der Waals surface area contributed by atoms with E-state index in [0.717, 1.165) is 18.4 Å². The van der Waals surface area contributed by atoms with Gasteiger partial charge in [-0.1, -0.05) is 12.1 Å². The minimum absolute atomic E-state index is 0.188. The topological polar surface area (TPSA) is 103 Å². The van der Waals surface area contributed by atoms with Gasteiger partial charge in [-0.2, -0.15) is 0 Å². The molecule has 2 fully saturated rings. The van der Waals surface area contributed by atoms with Crippen LogP contribution in [0.3, 0.4) is 0 Å². The summed E-state index contributed by atoms with van der Waals surface area (Å²) in [5, 5.41) is 2.33. The number of rotatable bonds is 2. The molecule has 2 unspecified atom stereocenters. The summed E-state index contributed by atoms with van der Waals surface area (Å²) in [5.74, 6) is -0.790. The van der Waals surface area contributed by atoms with Crippen LogP contribution in [0.1, 0.15) is 64.1 Å². The minimum Gasteiger partial charge on any atom is -0.444 e. The van der Waals surface area contributed by atoms with Crippen molar-refractivity contribution < 1.29 is 19.1 Å². The lowest BCUT2D eigenvalue weighted by atomic mass is 10.0. The van der Waals surface area contributed by atoms with Crippen LogP contribution in [0.4, 0.5) is 4.79 Å². The summed E-state index contributed by atoms with van der Waals surface area (Å²) < 4.78 is 8.59. The highest BCUT2D eigenvalue weighted by Gasteiger charge is 2.36. The number of ether oxygens (including phenoxy) is 1. The van der Waals surface area contributed by atoms with Crippen molar-refractivity contribution in [3.8, 4) is 0 Å². The molecule has 2 aliphatic heterocycles. The normalized spacial score (nSPS) is 22.1. The third-order valence-electron chi connectivity index (χ3n) is 5.90. The van der Waals surface area contributed by atoms with E-state index in [4.69, 9.17) is 4.74 Å². The molecule has 1 aromatic carbocycles. The molecule has 2 aromatic rings. The average molecular weight is 428 g/mol. The second kappa shape index (κ2) is 7.55. The second-order valence-electron chi connectivity index (χ2n) is 9.23. The predicted molar refractivity (Wildman–Crippen MR) is 114 cm³/mol. The fraction of sp³-hybridized carbons (Fsp3) is 0.545. The number of piperidine rings is 1. The van der Waals surface area contributed by atoms with Crippen molar-refractivity contribution in [1.29, 1.82) is 0 Å². The number of benzene rings is 1. The van der Waals surface area contributed by atoms with Crippen LogP contribution in [0, 0.1) is 0 Å². The Balaban J connectivity index is 1.79. The lowest BCUT2D eigenvalue weighted by Crippen LogP contribution is -2.44. The summed E-state index contributed by atoms with van der Waals surface area (Å²) in [7, 11) is 1.67. The fourth-order valence-corrected chi connectivity index (χ4v) is 4.60. The monoisotopic (exact) mass is 428 g/mol. The van der Waals surface area contributed by atoms with Crippen LogP contribution in [-0.4, -0.2) is 44.1 Å². The molecule has 2 saturated heterocycles. The molecule has 9 heteroatoms. The Hall–Kier alpha value is -3.10. The summed E-state index contributed by atoms with van der Waals surface area (Å²) in [4.78, 5) is 51.7. The molecule has 166 valence electrons. The zero-order valence-corrected chi connectivity index (χ0v) is 18.3. The molecule has 0 radical (unpaired) electrons. The number of hydrogen-bond donors (Lipinski definition) is 1. The number of nitrogens with zero attached hydrogens (tertiary/aromatic N) is 3. The molecular weight excluding hydrogens is 400 g/mol. The molecule has 3 heterocycles. The van der Waals surface area contributed by atoms with Crippen LogP contribution in [0.25, 0.3) is 11.0 Å². The number of nitrogens with one attached hydrogen (secondary N) is 1. The lowest BCUT2D eigenvalue weighted by molar-refractivity contribution is -0.135. The maximum absolute atomic E-state index is 13.1. The highest BCUT2D eigenvalue weighted by Crippen LogP contribution is 2.37. The van der Waals surface area contributed by atoms with Crippen molar-refractivity contribution in [2.45, 2.75) is 64.1 Å². The van der Waals surface area contributed by atoms with E-state index in [-0.39, 0.29) is 36.6 Å². The van der Waals surface area contributed by atoms with E-state index in [1.54, 1.807) is 18.0 Å². The van der Waals surface area contributed by atoms with Crippen LogP contribution >= 0.6 is 0 Å². The van der Waals surface area contributed by atoms with E-state index in [9.17, 15) is 19.2 Å². The van der Waals surface area contributed by atoms with Gasteiger partial charge in [0.15, 0.2) is 0 Å². The minimum atomic E-state index is -0.741. The maximum atomic E-state index is 13.1. The molecule has 3 amide bonds. The third-order valence-corrected chi connectivity index (χ3v) is 5.90. The van der Waals surface area contributed by atoms with Gasteiger partial charge in [-0.25, -0.2) is 9.59 Å². The highest BCUT2D eigenvalue weighted by atomic mass is 16.6. The largest absolute Gasteiger partial charge is 0.444 e. The first-order valence-corrected chi connectivity index (χ1v) is 10.6. The number of hydrogen-bond acceptors (Lipinski definition) is 5. The molecule has 1 aromatic heterocycles. The van der Waals surface area contributed by atoms with E-state index >= 15 is 0 Å². The summed E-state index contributed by atoms with van der Waals surface area (Å²) in [5.41, 5.74) is 1.25. The van der Waals surface area contributed by atoms with E-state index in [0.29, 0.717) is 17.6 Å². The fourth-order valence-electron chi connectivity index (χ4n) is 4.60.